The van der Waals surface area contributed by atoms with Gasteiger partial charge >= 0.3 is 0 Å². The Morgan fingerprint density at radius 3 is 2.53 bits per heavy atom. The topological polar surface area (TPSA) is 64.1 Å². The van der Waals surface area contributed by atoms with Crippen LogP contribution in [0.15, 0.2) is 53.5 Å². The maximum Gasteiger partial charge on any atom is 0.191 e. The van der Waals surface area contributed by atoms with Crippen molar-refractivity contribution in [3.8, 4) is 5.75 Å². The molecule has 0 bridgehead atoms. The van der Waals surface area contributed by atoms with E-state index in [-0.39, 0.29) is 6.10 Å². The average molecular weight is 414 g/mol. The molecule has 2 aromatic carbocycles. The number of aliphatic imine (C=N–C) groups is 1. The van der Waals surface area contributed by atoms with Crippen LogP contribution in [0.25, 0.3) is 0 Å². The third-order valence-electron chi connectivity index (χ3n) is 4.40. The Hall–Kier alpha value is -2.57. The molecule has 2 aromatic rings. The lowest BCUT2D eigenvalue weighted by atomic mass is 10.1. The van der Waals surface area contributed by atoms with E-state index in [2.05, 4.69) is 46.8 Å². The van der Waals surface area contributed by atoms with Gasteiger partial charge in [0.15, 0.2) is 5.96 Å². The zero-order chi connectivity index (χ0) is 21.6. The summed E-state index contributed by atoms with van der Waals surface area (Å²) in [4.78, 5) is 4.30. The number of hydrogen-bond acceptors (Lipinski definition) is 4. The quantitative estimate of drug-likeness (QED) is 0.316. The van der Waals surface area contributed by atoms with Crippen molar-refractivity contribution in [1.29, 1.82) is 0 Å². The summed E-state index contributed by atoms with van der Waals surface area (Å²) in [6.07, 6.45) is 0.0162. The van der Waals surface area contributed by atoms with Gasteiger partial charge in [0.25, 0.3) is 0 Å². The molecule has 0 aromatic heterocycles. The van der Waals surface area contributed by atoms with E-state index >= 15 is 0 Å². The monoisotopic (exact) mass is 413 g/mol. The fourth-order valence-corrected chi connectivity index (χ4v) is 2.89. The lowest BCUT2D eigenvalue weighted by Crippen LogP contribution is -2.41. The van der Waals surface area contributed by atoms with Crippen LogP contribution >= 0.6 is 0 Å². The number of guanidine groups is 1. The minimum atomic E-state index is 0.0162. The molecule has 6 nitrogen and oxygen atoms in total. The summed E-state index contributed by atoms with van der Waals surface area (Å²) in [5.74, 6) is 1.63. The molecule has 1 atom stereocenters. The Morgan fingerprint density at radius 1 is 1.00 bits per heavy atom. The summed E-state index contributed by atoms with van der Waals surface area (Å²) >= 11 is 0. The van der Waals surface area contributed by atoms with Gasteiger partial charge in [0.2, 0.25) is 0 Å². The Labute approximate surface area is 180 Å². The maximum absolute atomic E-state index is 5.96. The highest BCUT2D eigenvalue weighted by Crippen LogP contribution is 2.13. The van der Waals surface area contributed by atoms with E-state index in [4.69, 9.17) is 14.2 Å². The highest BCUT2D eigenvalue weighted by molar-refractivity contribution is 5.79. The Kier molecular flexibility index (Phi) is 10.8. The molecule has 0 aliphatic carbocycles. The summed E-state index contributed by atoms with van der Waals surface area (Å²) in [6.45, 7) is 9.96. The normalized spacial score (nSPS) is 12.5. The lowest BCUT2D eigenvalue weighted by Gasteiger charge is -2.18. The molecule has 6 heteroatoms. The Morgan fingerprint density at radius 2 is 1.77 bits per heavy atom. The molecule has 0 fully saturated rings. The number of rotatable bonds is 12. The predicted octanol–water partition coefficient (Wildman–Crippen LogP) is 3.68. The summed E-state index contributed by atoms with van der Waals surface area (Å²) in [5.41, 5.74) is 3.51. The zero-order valence-electron chi connectivity index (χ0n) is 18.6. The van der Waals surface area contributed by atoms with E-state index < -0.39 is 0 Å². The van der Waals surface area contributed by atoms with Gasteiger partial charge in [0, 0.05) is 20.2 Å². The van der Waals surface area contributed by atoms with Crippen LogP contribution < -0.4 is 15.4 Å². The molecule has 0 saturated heterocycles. The maximum atomic E-state index is 5.96. The van der Waals surface area contributed by atoms with Gasteiger partial charge in [-0.3, -0.25) is 4.99 Å². The molecule has 0 amide bonds. The van der Waals surface area contributed by atoms with Crippen molar-refractivity contribution < 1.29 is 14.2 Å². The second-order valence-electron chi connectivity index (χ2n) is 7.12. The van der Waals surface area contributed by atoms with E-state index in [1.165, 1.54) is 11.1 Å². The van der Waals surface area contributed by atoms with Crippen molar-refractivity contribution in [2.75, 3.05) is 33.4 Å². The SMILES string of the molecule is CCOCCOCc1cccc(CNC(=NC)NCC(C)Oc2cccc(C)c2)c1. The molecule has 164 valence electrons. The molecule has 0 saturated carbocycles. The van der Waals surface area contributed by atoms with Crippen LogP contribution in [0.5, 0.6) is 5.75 Å². The Balaban J connectivity index is 1.73. The summed E-state index contributed by atoms with van der Waals surface area (Å²) in [5, 5.41) is 6.67. The van der Waals surface area contributed by atoms with Gasteiger partial charge in [-0.15, -0.1) is 0 Å². The van der Waals surface area contributed by atoms with Crippen LogP contribution in [-0.4, -0.2) is 45.5 Å². The van der Waals surface area contributed by atoms with Gasteiger partial charge in [-0.05, 0) is 49.6 Å². The highest BCUT2D eigenvalue weighted by Gasteiger charge is 2.06. The molecule has 2 N–H and O–H groups in total. The number of aryl methyl sites for hydroxylation is 1. The first kappa shape index (κ1) is 23.7. The molecule has 0 radical (unpaired) electrons. The molecule has 30 heavy (non-hydrogen) atoms. The standard InChI is InChI=1S/C24H35N3O3/c1-5-28-12-13-29-18-22-10-7-9-21(15-22)17-27-24(25-4)26-16-20(3)30-23-11-6-8-19(2)14-23/h6-11,14-15,20H,5,12-13,16-18H2,1-4H3,(H2,25,26,27). The van der Waals surface area contributed by atoms with Crippen LogP contribution in [0.4, 0.5) is 0 Å². The fraction of sp³-hybridized carbons (Fsp3) is 0.458. The van der Waals surface area contributed by atoms with E-state index in [1.54, 1.807) is 7.05 Å². The van der Waals surface area contributed by atoms with Gasteiger partial charge in [0.05, 0.1) is 26.4 Å². The van der Waals surface area contributed by atoms with E-state index in [1.807, 2.05) is 38.1 Å². The van der Waals surface area contributed by atoms with Crippen LogP contribution in [0.2, 0.25) is 0 Å². The molecule has 1 unspecified atom stereocenters. The summed E-state index contributed by atoms with van der Waals surface area (Å²) < 4.78 is 16.9. The van der Waals surface area contributed by atoms with Gasteiger partial charge in [-0.2, -0.15) is 0 Å². The first-order chi connectivity index (χ1) is 14.6. The van der Waals surface area contributed by atoms with Gasteiger partial charge < -0.3 is 24.8 Å². The van der Waals surface area contributed by atoms with E-state index in [9.17, 15) is 0 Å². The van der Waals surface area contributed by atoms with Crippen LogP contribution in [0.3, 0.4) is 0 Å². The third kappa shape index (κ3) is 9.29. The first-order valence-electron chi connectivity index (χ1n) is 10.5. The number of ether oxygens (including phenoxy) is 3. The highest BCUT2D eigenvalue weighted by atomic mass is 16.5. The Bertz CT molecular complexity index is 780. The van der Waals surface area contributed by atoms with Gasteiger partial charge in [-0.25, -0.2) is 0 Å². The molecule has 0 aliphatic heterocycles. The van der Waals surface area contributed by atoms with Crippen LogP contribution in [-0.2, 0) is 22.6 Å². The second kappa shape index (κ2) is 13.6. The number of nitrogens with zero attached hydrogens (tertiary/aromatic N) is 1. The van der Waals surface area contributed by atoms with Crippen molar-refractivity contribution in [1.82, 2.24) is 10.6 Å². The largest absolute Gasteiger partial charge is 0.489 e. The fourth-order valence-electron chi connectivity index (χ4n) is 2.89. The lowest BCUT2D eigenvalue weighted by molar-refractivity contribution is 0.0453. The number of hydrogen-bond donors (Lipinski definition) is 2. The summed E-state index contributed by atoms with van der Waals surface area (Å²) in [7, 11) is 1.77. The van der Waals surface area contributed by atoms with Gasteiger partial charge in [0.1, 0.15) is 11.9 Å². The van der Waals surface area contributed by atoms with E-state index in [0.717, 1.165) is 23.9 Å². The molecule has 0 aliphatic rings. The van der Waals surface area contributed by atoms with Crippen molar-refractivity contribution in [2.45, 2.75) is 40.0 Å². The van der Waals surface area contributed by atoms with Gasteiger partial charge in [-0.1, -0.05) is 36.4 Å². The molecular weight excluding hydrogens is 378 g/mol. The molecular formula is C24H35N3O3. The third-order valence-corrected chi connectivity index (χ3v) is 4.40. The second-order valence-corrected chi connectivity index (χ2v) is 7.12. The van der Waals surface area contributed by atoms with Crippen molar-refractivity contribution in [3.63, 3.8) is 0 Å². The van der Waals surface area contributed by atoms with Crippen molar-refractivity contribution >= 4 is 5.96 Å². The van der Waals surface area contributed by atoms with E-state index in [0.29, 0.717) is 32.9 Å². The number of benzene rings is 2. The number of nitrogens with one attached hydrogen (secondary N) is 2. The van der Waals surface area contributed by atoms with Crippen LogP contribution in [0.1, 0.15) is 30.5 Å². The minimum Gasteiger partial charge on any atom is -0.489 e. The minimum absolute atomic E-state index is 0.0162. The molecule has 2 rings (SSSR count). The first-order valence-corrected chi connectivity index (χ1v) is 10.5. The molecule has 0 spiro atoms. The molecule has 0 heterocycles. The summed E-state index contributed by atoms with van der Waals surface area (Å²) in [6, 6.07) is 16.4. The zero-order valence-corrected chi connectivity index (χ0v) is 18.6. The van der Waals surface area contributed by atoms with Crippen molar-refractivity contribution in [2.24, 2.45) is 4.99 Å². The average Bonchev–Trinajstić information content (AvgIpc) is 2.74. The van der Waals surface area contributed by atoms with Crippen LogP contribution in [0, 0.1) is 6.92 Å². The van der Waals surface area contributed by atoms with Crippen molar-refractivity contribution in [3.05, 3.63) is 65.2 Å². The predicted molar refractivity (Wildman–Crippen MR) is 122 cm³/mol. The smallest absolute Gasteiger partial charge is 0.191 e.